The highest BCUT2D eigenvalue weighted by Gasteiger charge is 2.46. The lowest BCUT2D eigenvalue weighted by Gasteiger charge is -2.16. The Morgan fingerprint density at radius 1 is 1.25 bits per heavy atom. The van der Waals surface area contributed by atoms with E-state index in [9.17, 15) is 15.0 Å². The first-order valence-electron chi connectivity index (χ1n) is 8.83. The van der Waals surface area contributed by atoms with E-state index in [1.807, 2.05) is 30.3 Å². The standard InChI is InChI=1S/C18H20N6O4/c19-11-13(25)17(28-14(11)18(26)27)24-9-23-12-15(21-8-22-16(12)24)20-7-6-10-4-2-1-3-5-10/h1-5,8-9,11,13-14,17,25H,6-7,19H2,(H,26,27)(H,20,21,22)/t11-,13+,14-,17+/m0/s1. The zero-order valence-electron chi connectivity index (χ0n) is 14.8. The number of benzene rings is 1. The number of rotatable bonds is 6. The smallest absolute Gasteiger partial charge is 0.334 e. The fraction of sp³-hybridized carbons (Fsp3) is 0.333. The van der Waals surface area contributed by atoms with E-state index in [1.54, 1.807) is 0 Å². The number of carbonyl (C=O) groups is 1. The number of ether oxygens (including phenoxy) is 1. The normalized spacial score (nSPS) is 24.5. The van der Waals surface area contributed by atoms with Gasteiger partial charge in [-0.25, -0.2) is 19.7 Å². The molecule has 10 heteroatoms. The van der Waals surface area contributed by atoms with Gasteiger partial charge in [0.1, 0.15) is 12.4 Å². The largest absolute Gasteiger partial charge is 0.479 e. The summed E-state index contributed by atoms with van der Waals surface area (Å²) >= 11 is 0. The predicted molar refractivity (Wildman–Crippen MR) is 99.5 cm³/mol. The van der Waals surface area contributed by atoms with Gasteiger partial charge in [-0.2, -0.15) is 0 Å². The van der Waals surface area contributed by atoms with Crippen LogP contribution in [0.5, 0.6) is 0 Å². The van der Waals surface area contributed by atoms with Crippen molar-refractivity contribution in [2.75, 3.05) is 11.9 Å². The van der Waals surface area contributed by atoms with E-state index < -0.39 is 30.4 Å². The SMILES string of the molecule is N[C@H]1[C@@H](O)[C@H](n2cnc3c(NCCc4ccccc4)ncnc32)O[C@@H]1C(=O)O. The lowest BCUT2D eigenvalue weighted by atomic mass is 10.1. The van der Waals surface area contributed by atoms with Crippen LogP contribution in [0.1, 0.15) is 11.8 Å². The Morgan fingerprint density at radius 2 is 2.04 bits per heavy atom. The molecule has 0 aliphatic carbocycles. The molecular weight excluding hydrogens is 364 g/mol. The average molecular weight is 384 g/mol. The van der Waals surface area contributed by atoms with Crippen molar-refractivity contribution in [1.82, 2.24) is 19.5 Å². The van der Waals surface area contributed by atoms with Crippen LogP contribution in [-0.2, 0) is 16.0 Å². The molecule has 0 bridgehead atoms. The Kier molecular flexibility index (Phi) is 4.90. The first-order valence-corrected chi connectivity index (χ1v) is 8.83. The third-order valence-electron chi connectivity index (χ3n) is 4.75. The number of aliphatic carboxylic acids is 1. The van der Waals surface area contributed by atoms with Crippen LogP contribution in [0.25, 0.3) is 11.2 Å². The minimum Gasteiger partial charge on any atom is -0.479 e. The number of hydrogen-bond donors (Lipinski definition) is 4. The van der Waals surface area contributed by atoms with Gasteiger partial charge < -0.3 is 26.0 Å². The Labute approximate surface area is 160 Å². The van der Waals surface area contributed by atoms with Gasteiger partial charge >= 0.3 is 5.97 Å². The van der Waals surface area contributed by atoms with Gasteiger partial charge in [0.05, 0.1) is 12.4 Å². The highest BCUT2D eigenvalue weighted by Crippen LogP contribution is 2.31. The van der Waals surface area contributed by atoms with Crippen molar-refractivity contribution in [3.05, 3.63) is 48.5 Å². The van der Waals surface area contributed by atoms with Crippen molar-refractivity contribution in [1.29, 1.82) is 0 Å². The summed E-state index contributed by atoms with van der Waals surface area (Å²) in [5.74, 6) is -0.678. The second kappa shape index (κ2) is 7.50. The van der Waals surface area contributed by atoms with Crippen LogP contribution < -0.4 is 11.1 Å². The number of aliphatic hydroxyl groups excluding tert-OH is 1. The van der Waals surface area contributed by atoms with Gasteiger partial charge in [-0.15, -0.1) is 0 Å². The number of nitrogens with one attached hydrogen (secondary N) is 1. The summed E-state index contributed by atoms with van der Waals surface area (Å²) in [5, 5.41) is 22.8. The summed E-state index contributed by atoms with van der Waals surface area (Å²) in [5.41, 5.74) is 7.89. The van der Waals surface area contributed by atoms with Gasteiger partial charge in [0, 0.05) is 6.54 Å². The number of nitrogens with two attached hydrogens (primary N) is 1. The number of aromatic nitrogens is 4. The molecule has 0 unspecified atom stereocenters. The highest BCUT2D eigenvalue weighted by molar-refractivity contribution is 5.82. The molecule has 28 heavy (non-hydrogen) atoms. The van der Waals surface area contributed by atoms with E-state index in [2.05, 4.69) is 20.3 Å². The summed E-state index contributed by atoms with van der Waals surface area (Å²) in [4.78, 5) is 24.0. The van der Waals surface area contributed by atoms with Gasteiger partial charge in [0.2, 0.25) is 0 Å². The Hall–Kier alpha value is -3.08. The number of fused-ring (bicyclic) bond motifs is 1. The van der Waals surface area contributed by atoms with Crippen molar-refractivity contribution in [3.8, 4) is 0 Å². The summed E-state index contributed by atoms with van der Waals surface area (Å²) in [6.07, 6.45) is 0.124. The lowest BCUT2D eigenvalue weighted by molar-refractivity contribution is -0.152. The first kappa shape index (κ1) is 18.3. The molecule has 1 aliphatic rings. The Morgan fingerprint density at radius 3 is 2.75 bits per heavy atom. The van der Waals surface area contributed by atoms with Gasteiger partial charge in [0.25, 0.3) is 0 Å². The predicted octanol–water partition coefficient (Wildman–Crippen LogP) is 0.151. The van der Waals surface area contributed by atoms with Crippen LogP contribution in [0.2, 0.25) is 0 Å². The minimum atomic E-state index is -1.30. The molecule has 4 rings (SSSR count). The zero-order valence-corrected chi connectivity index (χ0v) is 14.8. The van der Waals surface area contributed by atoms with Crippen LogP contribution in [-0.4, -0.2) is 60.5 Å². The molecule has 0 spiro atoms. The Balaban J connectivity index is 1.54. The molecule has 3 heterocycles. The number of carboxylic acid groups (broad SMARTS) is 1. The van der Waals surface area contributed by atoms with Gasteiger partial charge in [-0.3, -0.25) is 4.57 Å². The molecule has 0 saturated carbocycles. The number of imidazole rings is 1. The zero-order chi connectivity index (χ0) is 19.7. The summed E-state index contributed by atoms with van der Waals surface area (Å²) in [7, 11) is 0. The van der Waals surface area contributed by atoms with Gasteiger partial charge in [-0.1, -0.05) is 30.3 Å². The van der Waals surface area contributed by atoms with Crippen LogP contribution >= 0.6 is 0 Å². The van der Waals surface area contributed by atoms with Crippen LogP contribution in [0, 0.1) is 0 Å². The third-order valence-corrected chi connectivity index (χ3v) is 4.75. The lowest BCUT2D eigenvalue weighted by Crippen LogP contribution is -2.43. The first-order chi connectivity index (χ1) is 13.6. The van der Waals surface area contributed by atoms with E-state index in [0.29, 0.717) is 23.5 Å². The highest BCUT2D eigenvalue weighted by atomic mass is 16.6. The maximum atomic E-state index is 11.2. The molecule has 0 amide bonds. The van der Waals surface area contributed by atoms with Crippen LogP contribution in [0.4, 0.5) is 5.82 Å². The fourth-order valence-electron chi connectivity index (χ4n) is 3.28. The number of nitrogens with zero attached hydrogens (tertiary/aromatic N) is 4. The van der Waals surface area contributed by atoms with E-state index in [0.717, 1.165) is 6.42 Å². The molecule has 1 fully saturated rings. The molecular formula is C18H20N6O4. The molecule has 146 valence electrons. The van der Waals surface area contributed by atoms with E-state index in [4.69, 9.17) is 10.5 Å². The molecule has 1 aliphatic heterocycles. The Bertz CT molecular complexity index is 979. The maximum absolute atomic E-state index is 11.2. The number of aliphatic hydroxyl groups is 1. The van der Waals surface area contributed by atoms with Crippen LogP contribution in [0.3, 0.4) is 0 Å². The fourth-order valence-corrected chi connectivity index (χ4v) is 3.28. The minimum absolute atomic E-state index is 0.416. The van der Waals surface area contributed by atoms with Crippen molar-refractivity contribution in [2.24, 2.45) is 5.73 Å². The van der Waals surface area contributed by atoms with E-state index >= 15 is 0 Å². The quantitative estimate of drug-likeness (QED) is 0.466. The molecule has 10 nitrogen and oxygen atoms in total. The average Bonchev–Trinajstić information content (AvgIpc) is 3.25. The summed E-state index contributed by atoms with van der Waals surface area (Å²) in [6, 6.07) is 8.99. The van der Waals surface area contributed by atoms with Crippen LogP contribution in [0.15, 0.2) is 43.0 Å². The maximum Gasteiger partial charge on any atom is 0.334 e. The summed E-state index contributed by atoms with van der Waals surface area (Å²) < 4.78 is 6.93. The van der Waals surface area contributed by atoms with Crippen molar-refractivity contribution >= 4 is 23.0 Å². The molecule has 3 aromatic rings. The summed E-state index contributed by atoms with van der Waals surface area (Å²) in [6.45, 7) is 0.650. The van der Waals surface area contributed by atoms with Gasteiger partial charge in [-0.05, 0) is 12.0 Å². The van der Waals surface area contributed by atoms with E-state index in [-0.39, 0.29) is 0 Å². The number of anilines is 1. The topological polar surface area (TPSA) is 148 Å². The molecule has 4 atom stereocenters. The second-order valence-electron chi connectivity index (χ2n) is 6.56. The van der Waals surface area contributed by atoms with Gasteiger partial charge in [0.15, 0.2) is 29.3 Å². The van der Waals surface area contributed by atoms with Crippen molar-refractivity contribution in [2.45, 2.75) is 30.9 Å². The number of hydrogen-bond acceptors (Lipinski definition) is 8. The molecule has 1 saturated heterocycles. The molecule has 2 aromatic heterocycles. The molecule has 5 N–H and O–H groups in total. The van der Waals surface area contributed by atoms with Crippen molar-refractivity contribution in [3.63, 3.8) is 0 Å². The molecule has 0 radical (unpaired) electrons. The third kappa shape index (κ3) is 3.28. The number of carboxylic acids is 1. The monoisotopic (exact) mass is 384 g/mol. The second-order valence-corrected chi connectivity index (χ2v) is 6.56. The van der Waals surface area contributed by atoms with E-state index in [1.165, 1.54) is 22.8 Å². The van der Waals surface area contributed by atoms with Crippen molar-refractivity contribution < 1.29 is 19.7 Å². The molecule has 1 aromatic carbocycles.